The molecule has 2 rings (SSSR count). The fraction of sp³-hybridized carbons (Fsp3) is 0.286. The van der Waals surface area contributed by atoms with Crippen molar-refractivity contribution in [3.8, 4) is 5.75 Å². The third kappa shape index (κ3) is 2.98. The minimum Gasteiger partial charge on any atom is -0.494 e. The smallest absolute Gasteiger partial charge is 0.266 e. The van der Waals surface area contributed by atoms with Gasteiger partial charge in [-0.1, -0.05) is 12.1 Å². The molecule has 0 radical (unpaired) electrons. The van der Waals surface area contributed by atoms with Crippen molar-refractivity contribution in [2.45, 2.75) is 6.92 Å². The van der Waals surface area contributed by atoms with Crippen LogP contribution in [-0.2, 0) is 4.79 Å². The molecule has 0 N–H and O–H groups in total. The second-order valence-electron chi connectivity index (χ2n) is 3.98. The maximum atomic E-state index is 12.0. The second kappa shape index (κ2) is 5.93. The Labute approximate surface area is 117 Å². The number of carbonyl (C=O) groups excluding carboxylic acids is 1. The molecule has 0 bridgehead atoms. The van der Waals surface area contributed by atoms with Crippen molar-refractivity contribution in [2.75, 3.05) is 20.7 Å². The quantitative estimate of drug-likeness (QED) is 0.797. The van der Waals surface area contributed by atoms with Crippen LogP contribution in [0, 0.1) is 0 Å². The van der Waals surface area contributed by atoms with Crippen LogP contribution in [0.2, 0.25) is 0 Å². The number of amidine groups is 1. The van der Waals surface area contributed by atoms with Crippen molar-refractivity contribution < 1.29 is 9.53 Å². The summed E-state index contributed by atoms with van der Waals surface area (Å²) < 4.78 is 5.38. The highest BCUT2D eigenvalue weighted by molar-refractivity contribution is 8.18. The number of carbonyl (C=O) groups is 1. The predicted octanol–water partition coefficient (Wildman–Crippen LogP) is 2.62. The minimum atomic E-state index is -0.0144. The van der Waals surface area contributed by atoms with Crippen LogP contribution in [0.4, 0.5) is 0 Å². The summed E-state index contributed by atoms with van der Waals surface area (Å²) in [4.78, 5) is 18.3. The normalized spacial score (nSPS) is 19.5. The van der Waals surface area contributed by atoms with E-state index in [1.165, 1.54) is 11.8 Å². The number of benzene rings is 1. The van der Waals surface area contributed by atoms with E-state index < -0.39 is 0 Å². The van der Waals surface area contributed by atoms with Crippen LogP contribution < -0.4 is 4.74 Å². The lowest BCUT2D eigenvalue weighted by Crippen LogP contribution is -2.23. The topological polar surface area (TPSA) is 41.9 Å². The predicted molar refractivity (Wildman–Crippen MR) is 79.3 cm³/mol. The molecule has 0 spiro atoms. The Hall–Kier alpha value is -1.75. The molecule has 1 aliphatic rings. The average molecular weight is 276 g/mol. The first-order chi connectivity index (χ1) is 9.15. The van der Waals surface area contributed by atoms with Gasteiger partial charge < -0.3 is 4.74 Å². The Morgan fingerprint density at radius 2 is 2.05 bits per heavy atom. The summed E-state index contributed by atoms with van der Waals surface area (Å²) in [5.74, 6) is 0.822. The summed E-state index contributed by atoms with van der Waals surface area (Å²) in [5.41, 5.74) is 0.977. The molecule has 100 valence electrons. The van der Waals surface area contributed by atoms with E-state index in [2.05, 4.69) is 4.99 Å². The van der Waals surface area contributed by atoms with Gasteiger partial charge in [0, 0.05) is 14.1 Å². The summed E-state index contributed by atoms with van der Waals surface area (Å²) in [6, 6.07) is 7.68. The van der Waals surface area contributed by atoms with Gasteiger partial charge in [-0.2, -0.15) is 0 Å². The number of ether oxygens (including phenoxy) is 1. The third-order valence-electron chi connectivity index (χ3n) is 2.68. The number of likely N-dealkylation sites (N-methyl/N-ethyl adjacent to an activating group) is 1. The lowest BCUT2D eigenvalue weighted by molar-refractivity contribution is -0.121. The van der Waals surface area contributed by atoms with E-state index in [0.29, 0.717) is 11.5 Å². The Balaban J connectivity index is 2.20. The molecular weight excluding hydrogens is 260 g/mol. The summed E-state index contributed by atoms with van der Waals surface area (Å²) in [6.07, 6.45) is 1.87. The van der Waals surface area contributed by atoms with Crippen molar-refractivity contribution in [2.24, 2.45) is 4.99 Å². The van der Waals surface area contributed by atoms with Gasteiger partial charge in [0.25, 0.3) is 5.91 Å². The average Bonchev–Trinajstić information content (AvgIpc) is 2.69. The molecule has 1 fully saturated rings. The van der Waals surface area contributed by atoms with Crippen molar-refractivity contribution in [3.05, 3.63) is 34.7 Å². The Morgan fingerprint density at radius 1 is 1.37 bits per heavy atom. The zero-order chi connectivity index (χ0) is 13.8. The van der Waals surface area contributed by atoms with E-state index in [9.17, 15) is 4.79 Å². The van der Waals surface area contributed by atoms with E-state index in [4.69, 9.17) is 4.74 Å². The lowest BCUT2D eigenvalue weighted by atomic mass is 10.2. The molecule has 1 aromatic rings. The molecule has 4 nitrogen and oxygen atoms in total. The number of hydrogen-bond acceptors (Lipinski definition) is 4. The van der Waals surface area contributed by atoms with Gasteiger partial charge in [0.05, 0.1) is 11.5 Å². The molecule has 0 atom stereocenters. The van der Waals surface area contributed by atoms with Crippen LogP contribution in [0.25, 0.3) is 6.08 Å². The number of rotatable bonds is 3. The molecule has 1 aliphatic heterocycles. The number of thioether (sulfide) groups is 1. The molecule has 1 aromatic carbocycles. The number of nitrogens with zero attached hydrogens (tertiary/aromatic N) is 2. The summed E-state index contributed by atoms with van der Waals surface area (Å²) in [6.45, 7) is 2.60. The monoisotopic (exact) mass is 276 g/mol. The van der Waals surface area contributed by atoms with Crippen LogP contribution in [-0.4, -0.2) is 36.7 Å². The Morgan fingerprint density at radius 3 is 2.58 bits per heavy atom. The highest BCUT2D eigenvalue weighted by atomic mass is 32.2. The molecule has 0 aliphatic carbocycles. The molecule has 1 saturated heterocycles. The molecule has 0 unspecified atom stereocenters. The van der Waals surface area contributed by atoms with Crippen LogP contribution in [0.1, 0.15) is 12.5 Å². The highest BCUT2D eigenvalue weighted by Gasteiger charge is 2.29. The third-order valence-corrected chi connectivity index (χ3v) is 3.84. The maximum Gasteiger partial charge on any atom is 0.266 e. The summed E-state index contributed by atoms with van der Waals surface area (Å²) >= 11 is 1.39. The standard InChI is InChI=1S/C14H16N2O2S/c1-4-18-11-7-5-10(6-8-11)9-12-13(17)16(3)14(15-2)19-12/h5-9H,4H2,1-3H3/b12-9-,15-14?. The minimum absolute atomic E-state index is 0.0144. The van der Waals surface area contributed by atoms with Gasteiger partial charge in [0.1, 0.15) is 5.75 Å². The zero-order valence-corrected chi connectivity index (χ0v) is 12.0. The molecular formula is C14H16N2O2S. The van der Waals surface area contributed by atoms with Crippen LogP contribution in [0.3, 0.4) is 0 Å². The fourth-order valence-electron chi connectivity index (χ4n) is 1.73. The van der Waals surface area contributed by atoms with E-state index in [-0.39, 0.29) is 5.91 Å². The number of amides is 1. The first kappa shape index (κ1) is 13.7. The fourth-order valence-corrected chi connectivity index (χ4v) is 2.65. The molecule has 0 aromatic heterocycles. The van der Waals surface area contributed by atoms with Crippen molar-refractivity contribution in [3.63, 3.8) is 0 Å². The van der Waals surface area contributed by atoms with Crippen molar-refractivity contribution in [1.82, 2.24) is 4.90 Å². The van der Waals surface area contributed by atoms with Gasteiger partial charge in [-0.25, -0.2) is 0 Å². The highest BCUT2D eigenvalue weighted by Crippen LogP contribution is 2.31. The van der Waals surface area contributed by atoms with Gasteiger partial charge >= 0.3 is 0 Å². The Kier molecular flexibility index (Phi) is 4.27. The van der Waals surface area contributed by atoms with Crippen molar-refractivity contribution in [1.29, 1.82) is 0 Å². The molecule has 19 heavy (non-hydrogen) atoms. The van der Waals surface area contributed by atoms with Gasteiger partial charge in [0.2, 0.25) is 0 Å². The lowest BCUT2D eigenvalue weighted by Gasteiger charge is -2.05. The largest absolute Gasteiger partial charge is 0.494 e. The Bertz CT molecular complexity index is 535. The molecule has 0 saturated carbocycles. The summed E-state index contributed by atoms with van der Waals surface area (Å²) in [5, 5.41) is 0.724. The van der Waals surface area contributed by atoms with Crippen LogP contribution >= 0.6 is 11.8 Å². The van der Waals surface area contributed by atoms with Crippen LogP contribution in [0.5, 0.6) is 5.75 Å². The van der Waals surface area contributed by atoms with Gasteiger partial charge in [-0.05, 0) is 42.5 Å². The van der Waals surface area contributed by atoms with Gasteiger partial charge in [-0.15, -0.1) is 0 Å². The van der Waals surface area contributed by atoms with Crippen molar-refractivity contribution >= 4 is 28.9 Å². The summed E-state index contributed by atoms with van der Waals surface area (Å²) in [7, 11) is 3.42. The molecule has 5 heteroatoms. The van der Waals surface area contributed by atoms with E-state index in [1.54, 1.807) is 19.0 Å². The second-order valence-corrected chi connectivity index (χ2v) is 4.99. The maximum absolute atomic E-state index is 12.0. The molecule has 1 amide bonds. The molecule has 1 heterocycles. The number of hydrogen-bond donors (Lipinski definition) is 0. The van der Waals surface area contributed by atoms with E-state index in [1.807, 2.05) is 37.3 Å². The zero-order valence-electron chi connectivity index (χ0n) is 11.2. The van der Waals surface area contributed by atoms with Crippen LogP contribution in [0.15, 0.2) is 34.2 Å². The van der Waals surface area contributed by atoms with E-state index in [0.717, 1.165) is 16.5 Å². The van der Waals surface area contributed by atoms with E-state index >= 15 is 0 Å². The van der Waals surface area contributed by atoms with Gasteiger partial charge in [-0.3, -0.25) is 14.7 Å². The first-order valence-electron chi connectivity index (χ1n) is 6.03. The first-order valence-corrected chi connectivity index (χ1v) is 6.84. The van der Waals surface area contributed by atoms with Gasteiger partial charge in [0.15, 0.2) is 5.17 Å². The SMILES string of the molecule is CCOc1ccc(/C=C2\SC(=NC)N(C)C2=O)cc1. The number of aliphatic imine (C=N–C) groups is 1.